The first-order chi connectivity index (χ1) is 13.4. The number of amides is 2. The zero-order valence-electron chi connectivity index (χ0n) is 15.5. The highest BCUT2D eigenvalue weighted by atomic mass is 32.2. The smallest absolute Gasteiger partial charge is 0.251 e. The standard InChI is InChI=1S/C18H19N5O3S2/c1-10(16(25)20-17-12(14(19)24)8-9-27-17)28-18-22-21-15(23(18)2)11-6-4-5-7-13(11)26-3/h4-10H,1-3H3,(H2,19,24)(H,20,25)/t10-/m1/s1. The fourth-order valence-electron chi connectivity index (χ4n) is 2.51. The number of hydrogen-bond acceptors (Lipinski definition) is 7. The Bertz CT molecular complexity index is 1010. The normalized spacial score (nSPS) is 11.8. The summed E-state index contributed by atoms with van der Waals surface area (Å²) < 4.78 is 7.20. The largest absolute Gasteiger partial charge is 0.496 e. The van der Waals surface area contributed by atoms with E-state index in [-0.39, 0.29) is 5.91 Å². The molecule has 0 radical (unpaired) electrons. The number of para-hydroxylation sites is 1. The van der Waals surface area contributed by atoms with E-state index in [1.807, 2.05) is 35.9 Å². The molecule has 0 aliphatic rings. The Morgan fingerprint density at radius 2 is 2.04 bits per heavy atom. The number of thioether (sulfide) groups is 1. The minimum Gasteiger partial charge on any atom is -0.496 e. The molecule has 0 unspecified atom stereocenters. The van der Waals surface area contributed by atoms with E-state index in [2.05, 4.69) is 15.5 Å². The third-order valence-corrected chi connectivity index (χ3v) is 5.97. The molecule has 10 heteroatoms. The number of anilines is 1. The third-order valence-electron chi connectivity index (χ3n) is 4.00. The summed E-state index contributed by atoms with van der Waals surface area (Å²) in [6, 6.07) is 9.11. The van der Waals surface area contributed by atoms with Crippen molar-refractivity contribution in [3.63, 3.8) is 0 Å². The number of hydrogen-bond donors (Lipinski definition) is 2. The second-order valence-electron chi connectivity index (χ2n) is 5.84. The zero-order chi connectivity index (χ0) is 20.3. The van der Waals surface area contributed by atoms with E-state index in [9.17, 15) is 9.59 Å². The average Bonchev–Trinajstić information content (AvgIpc) is 3.29. The minimum absolute atomic E-state index is 0.253. The van der Waals surface area contributed by atoms with Gasteiger partial charge in [-0.25, -0.2) is 0 Å². The molecule has 0 aliphatic carbocycles. The van der Waals surface area contributed by atoms with Crippen LogP contribution in [0.1, 0.15) is 17.3 Å². The predicted octanol–water partition coefficient (Wildman–Crippen LogP) is 2.77. The number of carbonyl (C=O) groups excluding carboxylic acids is 2. The second kappa shape index (κ2) is 8.44. The van der Waals surface area contributed by atoms with Crippen molar-refractivity contribution in [1.29, 1.82) is 0 Å². The molecule has 0 aliphatic heterocycles. The lowest BCUT2D eigenvalue weighted by atomic mass is 10.2. The van der Waals surface area contributed by atoms with Crippen LogP contribution in [0, 0.1) is 0 Å². The van der Waals surface area contributed by atoms with Gasteiger partial charge >= 0.3 is 0 Å². The average molecular weight is 418 g/mol. The van der Waals surface area contributed by atoms with Crippen LogP contribution in [0.15, 0.2) is 40.9 Å². The van der Waals surface area contributed by atoms with Crippen LogP contribution in [0.2, 0.25) is 0 Å². The van der Waals surface area contributed by atoms with E-state index in [0.717, 1.165) is 5.56 Å². The van der Waals surface area contributed by atoms with Crippen molar-refractivity contribution in [2.45, 2.75) is 17.3 Å². The molecule has 2 heterocycles. The number of carbonyl (C=O) groups is 2. The van der Waals surface area contributed by atoms with Gasteiger partial charge in [-0.15, -0.1) is 21.5 Å². The van der Waals surface area contributed by atoms with Crippen LogP contribution < -0.4 is 15.8 Å². The molecule has 0 fully saturated rings. The fraction of sp³-hybridized carbons (Fsp3) is 0.222. The van der Waals surface area contributed by atoms with Gasteiger partial charge in [0.25, 0.3) is 5.91 Å². The molecule has 8 nitrogen and oxygen atoms in total. The Labute approximate surface area is 170 Å². The maximum atomic E-state index is 12.5. The summed E-state index contributed by atoms with van der Waals surface area (Å²) >= 11 is 2.52. The SMILES string of the molecule is COc1ccccc1-c1nnc(S[C@H](C)C(=O)Nc2sccc2C(N)=O)n1C. The molecule has 0 saturated heterocycles. The van der Waals surface area contributed by atoms with Gasteiger partial charge in [-0.05, 0) is 30.5 Å². The first-order valence-corrected chi connectivity index (χ1v) is 10.1. The molecule has 0 spiro atoms. The lowest BCUT2D eigenvalue weighted by Gasteiger charge is -2.12. The van der Waals surface area contributed by atoms with Crippen LogP contribution in [-0.4, -0.2) is 38.9 Å². The van der Waals surface area contributed by atoms with Crippen LogP contribution in [-0.2, 0) is 11.8 Å². The van der Waals surface area contributed by atoms with Crippen LogP contribution in [0.5, 0.6) is 5.75 Å². The summed E-state index contributed by atoms with van der Waals surface area (Å²) in [4.78, 5) is 23.9. The molecule has 28 heavy (non-hydrogen) atoms. The molecule has 2 aromatic heterocycles. The van der Waals surface area contributed by atoms with Gasteiger partial charge in [-0.1, -0.05) is 23.9 Å². The second-order valence-corrected chi connectivity index (χ2v) is 8.07. The highest BCUT2D eigenvalue weighted by Gasteiger charge is 2.22. The van der Waals surface area contributed by atoms with E-state index in [4.69, 9.17) is 10.5 Å². The lowest BCUT2D eigenvalue weighted by molar-refractivity contribution is -0.115. The molecule has 3 rings (SSSR count). The summed E-state index contributed by atoms with van der Waals surface area (Å²) in [5.41, 5.74) is 6.43. The van der Waals surface area contributed by atoms with Crippen LogP contribution >= 0.6 is 23.1 Å². The van der Waals surface area contributed by atoms with Gasteiger partial charge in [-0.2, -0.15) is 0 Å². The topological polar surface area (TPSA) is 112 Å². The molecule has 1 atom stereocenters. The summed E-state index contributed by atoms with van der Waals surface area (Å²) in [7, 11) is 3.43. The van der Waals surface area contributed by atoms with Gasteiger partial charge < -0.3 is 20.4 Å². The first kappa shape index (κ1) is 19.9. The molecule has 3 N–H and O–H groups in total. The van der Waals surface area contributed by atoms with Crippen molar-refractivity contribution in [1.82, 2.24) is 14.8 Å². The molecule has 146 valence electrons. The maximum Gasteiger partial charge on any atom is 0.251 e. The van der Waals surface area contributed by atoms with E-state index in [1.165, 1.54) is 23.1 Å². The van der Waals surface area contributed by atoms with Gasteiger partial charge in [0, 0.05) is 7.05 Å². The Kier molecular flexibility index (Phi) is 6.00. The van der Waals surface area contributed by atoms with Crippen molar-refractivity contribution in [3.8, 4) is 17.1 Å². The first-order valence-electron chi connectivity index (χ1n) is 8.30. The van der Waals surface area contributed by atoms with Gasteiger partial charge in [0.15, 0.2) is 11.0 Å². The number of ether oxygens (including phenoxy) is 1. The summed E-state index contributed by atoms with van der Waals surface area (Å²) in [5.74, 6) is 0.502. The monoisotopic (exact) mass is 417 g/mol. The number of primary amides is 1. The number of thiophene rings is 1. The zero-order valence-corrected chi connectivity index (χ0v) is 17.1. The van der Waals surface area contributed by atoms with E-state index in [0.29, 0.717) is 27.3 Å². The van der Waals surface area contributed by atoms with Crippen LogP contribution in [0.3, 0.4) is 0 Å². The maximum absolute atomic E-state index is 12.5. The van der Waals surface area contributed by atoms with Crippen molar-refractivity contribution in [2.24, 2.45) is 12.8 Å². The van der Waals surface area contributed by atoms with Gasteiger partial charge in [-0.3, -0.25) is 9.59 Å². The van der Waals surface area contributed by atoms with Crippen molar-refractivity contribution < 1.29 is 14.3 Å². The Balaban J connectivity index is 1.75. The van der Waals surface area contributed by atoms with E-state index in [1.54, 1.807) is 25.5 Å². The third kappa shape index (κ3) is 4.02. The molecular weight excluding hydrogens is 398 g/mol. The van der Waals surface area contributed by atoms with Gasteiger partial charge in [0.2, 0.25) is 5.91 Å². The van der Waals surface area contributed by atoms with Crippen LogP contribution in [0.25, 0.3) is 11.4 Å². The number of methoxy groups -OCH3 is 1. The van der Waals surface area contributed by atoms with Crippen molar-refractivity contribution in [2.75, 3.05) is 12.4 Å². The van der Waals surface area contributed by atoms with Crippen molar-refractivity contribution >= 4 is 39.9 Å². The number of nitrogens with two attached hydrogens (primary N) is 1. The highest BCUT2D eigenvalue weighted by molar-refractivity contribution is 8.00. The minimum atomic E-state index is -0.577. The quantitative estimate of drug-likeness (QED) is 0.572. The Morgan fingerprint density at radius 3 is 2.75 bits per heavy atom. The molecule has 0 saturated carbocycles. The Morgan fingerprint density at radius 1 is 1.29 bits per heavy atom. The number of aromatic nitrogens is 3. The predicted molar refractivity (Wildman–Crippen MR) is 110 cm³/mol. The van der Waals surface area contributed by atoms with Gasteiger partial charge in [0.05, 0.1) is 23.5 Å². The molecule has 3 aromatic rings. The summed E-state index contributed by atoms with van der Waals surface area (Å²) in [6.45, 7) is 1.76. The number of nitrogens with one attached hydrogen (secondary N) is 1. The number of rotatable bonds is 7. The molecule has 0 bridgehead atoms. The van der Waals surface area contributed by atoms with Crippen LogP contribution in [0.4, 0.5) is 5.00 Å². The number of nitrogens with zero attached hydrogens (tertiary/aromatic N) is 3. The lowest BCUT2D eigenvalue weighted by Crippen LogP contribution is -2.24. The van der Waals surface area contributed by atoms with Crippen molar-refractivity contribution in [3.05, 3.63) is 41.3 Å². The number of benzene rings is 1. The van der Waals surface area contributed by atoms with Gasteiger partial charge in [0.1, 0.15) is 10.8 Å². The summed E-state index contributed by atoms with van der Waals surface area (Å²) in [6.07, 6.45) is 0. The van der Waals surface area contributed by atoms with E-state index >= 15 is 0 Å². The molecular formula is C18H19N5O3S2. The molecule has 2 amide bonds. The van der Waals surface area contributed by atoms with E-state index < -0.39 is 11.2 Å². The Hall–Kier alpha value is -2.85. The molecule has 1 aromatic carbocycles. The summed E-state index contributed by atoms with van der Waals surface area (Å²) in [5, 5.41) is 13.5. The highest BCUT2D eigenvalue weighted by Crippen LogP contribution is 2.31. The fourth-order valence-corrected chi connectivity index (χ4v) is 4.12.